The molecule has 0 bridgehead atoms. The zero-order valence-corrected chi connectivity index (χ0v) is 17.5. The third-order valence-electron chi connectivity index (χ3n) is 7.04. The Bertz CT molecular complexity index is 1110. The number of carbonyl (C=O) groups excluding carboxylic acids is 1. The van der Waals surface area contributed by atoms with Crippen LogP contribution in [0, 0.1) is 5.82 Å². The number of piperidine rings is 1. The molecule has 1 amide bonds. The quantitative estimate of drug-likeness (QED) is 0.617. The van der Waals surface area contributed by atoms with Crippen LogP contribution in [0.15, 0.2) is 74.1 Å². The molecule has 4 heterocycles. The molecule has 156 valence electrons. The summed E-state index contributed by atoms with van der Waals surface area (Å²) in [5.74, 6) is 0.176. The van der Waals surface area contributed by atoms with Crippen LogP contribution in [-0.4, -0.2) is 41.3 Å². The van der Waals surface area contributed by atoms with Crippen LogP contribution in [0.4, 0.5) is 4.39 Å². The van der Waals surface area contributed by atoms with Crippen LogP contribution in [-0.2, 0) is 11.2 Å². The number of hydrogen-bond donors (Lipinski definition) is 3. The molecular weight excluding hydrogens is 399 g/mol. The minimum Gasteiger partial charge on any atom is -0.324 e. The molecule has 4 aliphatic heterocycles. The van der Waals surface area contributed by atoms with E-state index >= 15 is 0 Å². The number of fused-ring (bicyclic) bond motifs is 2. The van der Waals surface area contributed by atoms with Crippen molar-refractivity contribution in [3.05, 3.63) is 70.7 Å². The van der Waals surface area contributed by atoms with Gasteiger partial charge in [-0.1, -0.05) is 18.2 Å². The number of halogens is 1. The summed E-state index contributed by atoms with van der Waals surface area (Å²) in [5.41, 5.74) is 0.753. The van der Waals surface area contributed by atoms with Gasteiger partial charge in [-0.05, 0) is 77.4 Å². The molecule has 5 nitrogen and oxygen atoms in total. The first kappa shape index (κ1) is 18.2. The molecule has 0 unspecified atom stereocenters. The van der Waals surface area contributed by atoms with Crippen LogP contribution in [0.1, 0.15) is 18.4 Å². The maximum atomic E-state index is 13.8. The third-order valence-corrected chi connectivity index (χ3v) is 12.5. The standard InChI is InChI=1S/C23H25FN4OS/c24-18-6-8-19(9-7-18)30(14-15-30)20-5-2-1-4-17(20)10-13-28(30)21-22(29)27-23(26-21)11-3-12-25-16-23/h1-2,4-9,14-15,25,30H,3,10-13,16H2,(H,27,29)/t23-/m1/s1. The third kappa shape index (κ3) is 2.22. The Morgan fingerprint density at radius 1 is 1.10 bits per heavy atom. The second kappa shape index (κ2) is 5.95. The van der Waals surface area contributed by atoms with Crippen molar-refractivity contribution < 1.29 is 9.18 Å². The summed E-state index contributed by atoms with van der Waals surface area (Å²) >= 11 is 0. The lowest BCUT2D eigenvalue weighted by Gasteiger charge is -2.59. The van der Waals surface area contributed by atoms with Crippen LogP contribution in [0.25, 0.3) is 0 Å². The Balaban J connectivity index is 1.55. The molecule has 0 aromatic heterocycles. The molecule has 2 aromatic carbocycles. The number of benzene rings is 2. The second-order valence-corrected chi connectivity index (χ2v) is 13.2. The van der Waals surface area contributed by atoms with E-state index in [1.54, 1.807) is 0 Å². The van der Waals surface area contributed by atoms with Crippen molar-refractivity contribution in [2.24, 2.45) is 4.99 Å². The monoisotopic (exact) mass is 424 g/mol. The predicted octanol–water partition coefficient (Wildman–Crippen LogP) is 3.18. The SMILES string of the molecule is O=C1N[C@@]2(CCCNC2)N=C1N1CCc2ccccc2[SH]12(c1ccc(F)cc1)C=C2. The average molecular weight is 425 g/mol. The van der Waals surface area contributed by atoms with Gasteiger partial charge in [0.25, 0.3) is 5.91 Å². The van der Waals surface area contributed by atoms with Gasteiger partial charge in [-0.3, -0.25) is 4.79 Å². The molecule has 0 saturated carbocycles. The van der Waals surface area contributed by atoms with Gasteiger partial charge in [-0.2, -0.15) is 9.35 Å². The van der Waals surface area contributed by atoms with Crippen LogP contribution in [0.5, 0.6) is 0 Å². The predicted molar refractivity (Wildman–Crippen MR) is 118 cm³/mol. The minimum atomic E-state index is -3.03. The molecule has 1 atom stereocenters. The fraction of sp³-hybridized carbons (Fsp3) is 0.304. The Labute approximate surface area is 175 Å². The lowest BCUT2D eigenvalue weighted by Crippen LogP contribution is -2.53. The number of rotatable bonds is 1. The summed E-state index contributed by atoms with van der Waals surface area (Å²) in [7, 11) is -3.03. The Hall–Kier alpha value is -2.64. The van der Waals surface area contributed by atoms with Crippen molar-refractivity contribution in [2.45, 2.75) is 34.7 Å². The first-order valence-electron chi connectivity index (χ1n) is 10.5. The molecule has 1 saturated heterocycles. The molecule has 2 N–H and O–H groups in total. The van der Waals surface area contributed by atoms with Gasteiger partial charge in [0.15, 0.2) is 0 Å². The summed E-state index contributed by atoms with van der Waals surface area (Å²) in [4.78, 5) is 20.6. The molecule has 2 aromatic rings. The molecule has 2 spiro atoms. The second-order valence-electron chi connectivity index (χ2n) is 8.69. The minimum absolute atomic E-state index is 0.0992. The van der Waals surface area contributed by atoms with E-state index in [2.05, 4.69) is 50.0 Å². The highest BCUT2D eigenvalue weighted by molar-refractivity contribution is 8.57. The fourth-order valence-electron chi connectivity index (χ4n) is 5.50. The molecule has 0 aliphatic carbocycles. The lowest BCUT2D eigenvalue weighted by molar-refractivity contribution is -0.116. The highest BCUT2D eigenvalue weighted by Crippen LogP contribution is 2.95. The Morgan fingerprint density at radius 2 is 1.90 bits per heavy atom. The van der Waals surface area contributed by atoms with Crippen LogP contribution in [0.2, 0.25) is 0 Å². The number of amidine groups is 1. The van der Waals surface area contributed by atoms with E-state index in [9.17, 15) is 9.18 Å². The van der Waals surface area contributed by atoms with E-state index in [1.807, 2.05) is 12.1 Å². The molecule has 1 fully saturated rings. The molecular formula is C23H25FN4OS. The molecule has 7 heteroatoms. The van der Waals surface area contributed by atoms with E-state index in [4.69, 9.17) is 4.99 Å². The van der Waals surface area contributed by atoms with Gasteiger partial charge in [-0.15, -0.1) is 0 Å². The highest BCUT2D eigenvalue weighted by atomic mass is 32.3. The van der Waals surface area contributed by atoms with Crippen LogP contribution < -0.4 is 10.6 Å². The van der Waals surface area contributed by atoms with E-state index in [0.29, 0.717) is 12.4 Å². The summed E-state index contributed by atoms with van der Waals surface area (Å²) < 4.78 is 16.1. The fourth-order valence-corrected chi connectivity index (χ4v) is 11.1. The average Bonchev–Trinajstić information content (AvgIpc) is 3.44. The topological polar surface area (TPSA) is 56.7 Å². The molecule has 30 heavy (non-hydrogen) atoms. The van der Waals surface area contributed by atoms with Crippen molar-refractivity contribution >= 4 is 21.1 Å². The van der Waals surface area contributed by atoms with Crippen molar-refractivity contribution in [2.75, 3.05) is 19.6 Å². The van der Waals surface area contributed by atoms with Crippen LogP contribution >= 0.6 is 9.35 Å². The van der Waals surface area contributed by atoms with E-state index in [-0.39, 0.29) is 11.7 Å². The Kier molecular flexibility index (Phi) is 3.60. The van der Waals surface area contributed by atoms with E-state index in [1.165, 1.54) is 22.6 Å². The number of carbonyl (C=O) groups is 1. The van der Waals surface area contributed by atoms with Gasteiger partial charge in [0.05, 0.1) is 0 Å². The van der Waals surface area contributed by atoms with Gasteiger partial charge in [0.1, 0.15) is 11.5 Å². The smallest absolute Gasteiger partial charge is 0.289 e. The number of amides is 1. The van der Waals surface area contributed by atoms with Crippen molar-refractivity contribution in [3.8, 4) is 0 Å². The first-order valence-corrected chi connectivity index (χ1v) is 12.9. The van der Waals surface area contributed by atoms with Crippen molar-refractivity contribution in [3.63, 3.8) is 0 Å². The molecule has 6 rings (SSSR count). The number of aliphatic imine (C=N–C) groups is 1. The number of nitrogens with one attached hydrogen (secondary N) is 2. The number of thiol groups is 1. The zero-order valence-electron chi connectivity index (χ0n) is 16.6. The summed E-state index contributed by atoms with van der Waals surface area (Å²) in [6, 6.07) is 15.3. The van der Waals surface area contributed by atoms with Crippen molar-refractivity contribution in [1.82, 2.24) is 14.9 Å². The van der Waals surface area contributed by atoms with E-state index in [0.717, 1.165) is 37.2 Å². The van der Waals surface area contributed by atoms with Gasteiger partial charge >= 0.3 is 0 Å². The van der Waals surface area contributed by atoms with Gasteiger partial charge in [0, 0.05) is 18.0 Å². The summed E-state index contributed by atoms with van der Waals surface area (Å²) in [6.45, 7) is 2.33. The summed E-state index contributed by atoms with van der Waals surface area (Å²) in [5, 5.41) is 11.1. The summed E-state index contributed by atoms with van der Waals surface area (Å²) in [6.07, 6.45) is 2.69. The molecule has 0 radical (unpaired) electrons. The Morgan fingerprint density at radius 3 is 2.63 bits per heavy atom. The number of hydrogen-bond acceptors (Lipinski definition) is 4. The zero-order chi connectivity index (χ0) is 20.4. The van der Waals surface area contributed by atoms with Gasteiger partial charge in [0.2, 0.25) is 5.84 Å². The van der Waals surface area contributed by atoms with Gasteiger partial charge < -0.3 is 14.9 Å². The maximum Gasteiger partial charge on any atom is 0.289 e. The lowest BCUT2D eigenvalue weighted by atomic mass is 10.0. The largest absolute Gasteiger partial charge is 0.324 e. The van der Waals surface area contributed by atoms with Gasteiger partial charge in [-0.25, -0.2) is 9.38 Å². The number of nitrogens with zero attached hydrogens (tertiary/aromatic N) is 2. The van der Waals surface area contributed by atoms with Crippen LogP contribution in [0.3, 0.4) is 0 Å². The maximum absolute atomic E-state index is 13.8. The van der Waals surface area contributed by atoms with E-state index < -0.39 is 15.0 Å². The molecule has 4 aliphatic rings. The highest BCUT2D eigenvalue weighted by Gasteiger charge is 2.59. The first-order chi connectivity index (χ1) is 14.6. The van der Waals surface area contributed by atoms with Crippen molar-refractivity contribution in [1.29, 1.82) is 0 Å². The normalized spacial score (nSPS) is 29.1.